The van der Waals surface area contributed by atoms with E-state index in [0.29, 0.717) is 18.8 Å². The lowest BCUT2D eigenvalue weighted by molar-refractivity contribution is -0.144. The monoisotopic (exact) mass is 351 g/mol. The first-order valence-corrected chi connectivity index (χ1v) is 9.12. The molecule has 7 heteroatoms. The molecule has 1 heterocycles. The van der Waals surface area contributed by atoms with Crippen molar-refractivity contribution in [2.45, 2.75) is 35.5 Å². The molecule has 1 aliphatic rings. The van der Waals surface area contributed by atoms with Gasteiger partial charge in [-0.1, -0.05) is 5.92 Å². The van der Waals surface area contributed by atoms with Gasteiger partial charge in [-0.05, 0) is 57.1 Å². The van der Waals surface area contributed by atoms with Crippen LogP contribution in [0.25, 0.3) is 0 Å². The number of hydrogen-bond donors (Lipinski definition) is 1. The molecule has 0 saturated carbocycles. The van der Waals surface area contributed by atoms with Gasteiger partial charge < -0.3 is 14.8 Å². The lowest BCUT2D eigenvalue weighted by atomic mass is 9.97. The Morgan fingerprint density at radius 1 is 1.29 bits per heavy atom. The highest BCUT2D eigenvalue weighted by molar-refractivity contribution is 7.93. The number of benzene rings is 1. The Labute approximate surface area is 142 Å². The number of hydrogen-bond acceptors (Lipinski definition) is 6. The van der Waals surface area contributed by atoms with E-state index in [4.69, 9.17) is 15.9 Å². The largest absolute Gasteiger partial charge is 0.478 e. The number of carbonyl (C=O) groups excluding carboxylic acids is 1. The van der Waals surface area contributed by atoms with Gasteiger partial charge in [0.25, 0.3) is 0 Å². The molecule has 6 nitrogen and oxygen atoms in total. The summed E-state index contributed by atoms with van der Waals surface area (Å²) in [5, 5.41) is 3.07. The molecular formula is C17H21NO5S. The van der Waals surface area contributed by atoms with Crippen LogP contribution in [0, 0.1) is 12.3 Å². The molecule has 0 aromatic heterocycles. The molecule has 1 unspecified atom stereocenters. The van der Waals surface area contributed by atoms with Gasteiger partial charge in [0.05, 0.1) is 12.0 Å². The van der Waals surface area contributed by atoms with E-state index in [1.807, 2.05) is 0 Å². The smallest absolute Gasteiger partial charge is 0.327 e. The number of sulfone groups is 1. The Kier molecular flexibility index (Phi) is 5.52. The van der Waals surface area contributed by atoms with Crippen LogP contribution < -0.4 is 10.1 Å². The summed E-state index contributed by atoms with van der Waals surface area (Å²) in [6, 6.07) is 5.93. The molecule has 0 amide bonds. The number of nitrogens with one attached hydrogen (secondary N) is 1. The maximum atomic E-state index is 13.1. The highest BCUT2D eigenvalue weighted by Gasteiger charge is 2.52. The van der Waals surface area contributed by atoms with Gasteiger partial charge in [0.15, 0.2) is 20.7 Å². The lowest BCUT2D eigenvalue weighted by Gasteiger charge is -2.34. The van der Waals surface area contributed by atoms with E-state index in [1.54, 1.807) is 6.92 Å². The van der Waals surface area contributed by atoms with Crippen LogP contribution in [0.5, 0.6) is 5.75 Å². The molecule has 1 aromatic rings. The summed E-state index contributed by atoms with van der Waals surface area (Å²) in [5.41, 5.74) is 0. The Hall–Kier alpha value is -2.04. The fourth-order valence-electron chi connectivity index (χ4n) is 2.76. The molecule has 2 rings (SSSR count). The van der Waals surface area contributed by atoms with Crippen molar-refractivity contribution in [3.05, 3.63) is 24.3 Å². The van der Waals surface area contributed by atoms with Crippen LogP contribution >= 0.6 is 0 Å². The number of rotatable bonds is 5. The predicted molar refractivity (Wildman–Crippen MR) is 89.4 cm³/mol. The Balaban J connectivity index is 2.37. The van der Waals surface area contributed by atoms with E-state index in [2.05, 4.69) is 11.2 Å². The maximum Gasteiger partial charge on any atom is 0.327 e. The van der Waals surface area contributed by atoms with Crippen LogP contribution in [0.4, 0.5) is 0 Å². The van der Waals surface area contributed by atoms with Crippen LogP contribution in [-0.4, -0.2) is 45.4 Å². The van der Waals surface area contributed by atoms with Crippen LogP contribution in [0.1, 0.15) is 19.8 Å². The first-order valence-electron chi connectivity index (χ1n) is 7.64. The second-order valence-corrected chi connectivity index (χ2v) is 7.90. The molecule has 1 N–H and O–H groups in total. The summed E-state index contributed by atoms with van der Waals surface area (Å²) in [4.78, 5) is 12.3. The van der Waals surface area contributed by atoms with Gasteiger partial charge in [-0.15, -0.1) is 6.42 Å². The van der Waals surface area contributed by atoms with E-state index in [9.17, 15) is 13.2 Å². The maximum absolute atomic E-state index is 13.1. The standard InChI is InChI=1S/C17H21NO5S/c1-4-13(2)23-14-5-7-15(8-6-14)24(20,21)17(16(19)22-3)9-11-18-12-10-17/h1,5-8,13,18H,9-12H2,2-3H3. The van der Waals surface area contributed by atoms with Gasteiger partial charge in [0, 0.05) is 0 Å². The highest BCUT2D eigenvalue weighted by atomic mass is 32.2. The fourth-order valence-corrected chi connectivity index (χ4v) is 4.75. The summed E-state index contributed by atoms with van der Waals surface area (Å²) < 4.78 is 34.9. The van der Waals surface area contributed by atoms with Crippen LogP contribution in [0.2, 0.25) is 0 Å². The van der Waals surface area contributed by atoms with Gasteiger partial charge >= 0.3 is 5.97 Å². The van der Waals surface area contributed by atoms with Crippen molar-refractivity contribution in [1.29, 1.82) is 0 Å². The van der Waals surface area contributed by atoms with Crippen molar-refractivity contribution in [1.82, 2.24) is 5.32 Å². The number of ether oxygens (including phenoxy) is 2. The van der Waals surface area contributed by atoms with Crippen molar-refractivity contribution >= 4 is 15.8 Å². The Bertz CT molecular complexity index is 727. The number of carbonyl (C=O) groups is 1. The summed E-state index contributed by atoms with van der Waals surface area (Å²) in [7, 11) is -2.69. The lowest BCUT2D eigenvalue weighted by Crippen LogP contribution is -2.53. The molecule has 0 bridgehead atoms. The predicted octanol–water partition coefficient (Wildman–Crippen LogP) is 1.16. The van der Waals surface area contributed by atoms with E-state index in [-0.39, 0.29) is 17.7 Å². The molecule has 1 aromatic carbocycles. The van der Waals surface area contributed by atoms with E-state index >= 15 is 0 Å². The van der Waals surface area contributed by atoms with Crippen LogP contribution in [-0.2, 0) is 19.4 Å². The van der Waals surface area contributed by atoms with E-state index in [0.717, 1.165) is 0 Å². The second-order valence-electron chi connectivity index (χ2n) is 5.64. The minimum Gasteiger partial charge on any atom is -0.478 e. The Morgan fingerprint density at radius 3 is 2.38 bits per heavy atom. The van der Waals surface area contributed by atoms with Crippen molar-refractivity contribution in [2.75, 3.05) is 20.2 Å². The van der Waals surface area contributed by atoms with Crippen molar-refractivity contribution in [3.8, 4) is 18.1 Å². The molecule has 0 spiro atoms. The Morgan fingerprint density at radius 2 is 1.88 bits per heavy atom. The zero-order valence-electron chi connectivity index (χ0n) is 13.7. The third kappa shape index (κ3) is 3.25. The molecule has 1 saturated heterocycles. The minimum atomic E-state index is -3.90. The van der Waals surface area contributed by atoms with Gasteiger partial charge in [0.2, 0.25) is 0 Å². The topological polar surface area (TPSA) is 81.7 Å². The van der Waals surface area contributed by atoms with E-state index < -0.39 is 26.7 Å². The molecular weight excluding hydrogens is 330 g/mol. The molecule has 24 heavy (non-hydrogen) atoms. The van der Waals surface area contributed by atoms with Crippen molar-refractivity contribution in [2.24, 2.45) is 0 Å². The summed E-state index contributed by atoms with van der Waals surface area (Å²) in [6.07, 6.45) is 5.19. The fraction of sp³-hybridized carbons (Fsp3) is 0.471. The quantitative estimate of drug-likeness (QED) is 0.633. The summed E-state index contributed by atoms with van der Waals surface area (Å²) in [6.45, 7) is 2.59. The normalized spacial score (nSPS) is 18.2. The van der Waals surface area contributed by atoms with Crippen molar-refractivity contribution in [3.63, 3.8) is 0 Å². The first-order chi connectivity index (χ1) is 11.4. The minimum absolute atomic E-state index is 0.0653. The summed E-state index contributed by atoms with van der Waals surface area (Å²) >= 11 is 0. The molecule has 0 aliphatic carbocycles. The van der Waals surface area contributed by atoms with Gasteiger partial charge in [-0.2, -0.15) is 0 Å². The molecule has 1 atom stereocenters. The highest BCUT2D eigenvalue weighted by Crippen LogP contribution is 2.35. The zero-order chi connectivity index (χ0) is 17.8. The van der Waals surface area contributed by atoms with E-state index in [1.165, 1.54) is 31.4 Å². The molecule has 1 fully saturated rings. The van der Waals surface area contributed by atoms with Crippen molar-refractivity contribution < 1.29 is 22.7 Å². The third-order valence-electron chi connectivity index (χ3n) is 4.16. The van der Waals surface area contributed by atoms with Gasteiger partial charge in [-0.25, -0.2) is 8.42 Å². The molecule has 0 radical (unpaired) electrons. The number of methoxy groups -OCH3 is 1. The SMILES string of the molecule is C#CC(C)Oc1ccc(S(=O)(=O)C2(C(=O)OC)CCNCC2)cc1. The number of esters is 1. The van der Waals surface area contributed by atoms with Gasteiger partial charge in [0.1, 0.15) is 5.75 Å². The average molecular weight is 351 g/mol. The zero-order valence-corrected chi connectivity index (χ0v) is 14.6. The number of terminal acetylenes is 1. The van der Waals surface area contributed by atoms with Gasteiger partial charge in [-0.3, -0.25) is 4.79 Å². The average Bonchev–Trinajstić information content (AvgIpc) is 2.61. The van der Waals surface area contributed by atoms with Crippen LogP contribution in [0.15, 0.2) is 29.2 Å². The molecule has 130 valence electrons. The number of piperidine rings is 1. The second kappa shape index (κ2) is 7.24. The molecule has 1 aliphatic heterocycles. The first kappa shape index (κ1) is 18.3. The summed E-state index contributed by atoms with van der Waals surface area (Å²) in [5.74, 6) is 2.18. The third-order valence-corrected chi connectivity index (χ3v) is 6.66. The van der Waals surface area contributed by atoms with Crippen LogP contribution in [0.3, 0.4) is 0 Å².